The highest BCUT2D eigenvalue weighted by atomic mass is 79.9. The van der Waals surface area contributed by atoms with E-state index < -0.39 is 0 Å². The lowest BCUT2D eigenvalue weighted by atomic mass is 10.1. The zero-order valence-electron chi connectivity index (χ0n) is 12.2. The summed E-state index contributed by atoms with van der Waals surface area (Å²) >= 11 is 8.98. The Balaban J connectivity index is 2.09. The van der Waals surface area contributed by atoms with Gasteiger partial charge in [0.05, 0.1) is 8.95 Å². The molecule has 0 spiro atoms. The maximum absolute atomic E-state index is 5.96. The standard InChI is InChI=1S/C16H19Br2NOS/c1-3-12-4-5-13(21-12)9-20-16-14(17)7-11(6-10(2)19)8-15(16)18/h4-5,7-8,10H,3,6,9,19H2,1-2H3. The molecule has 1 aromatic heterocycles. The third kappa shape index (κ3) is 4.81. The van der Waals surface area contributed by atoms with Crippen molar-refractivity contribution >= 4 is 43.2 Å². The summed E-state index contributed by atoms with van der Waals surface area (Å²) < 4.78 is 7.87. The molecule has 2 rings (SSSR count). The highest BCUT2D eigenvalue weighted by molar-refractivity contribution is 9.11. The normalized spacial score (nSPS) is 12.4. The van der Waals surface area contributed by atoms with Gasteiger partial charge in [0, 0.05) is 15.8 Å². The molecule has 0 aliphatic heterocycles. The van der Waals surface area contributed by atoms with Crippen molar-refractivity contribution in [3.05, 3.63) is 48.5 Å². The number of aryl methyl sites for hydroxylation is 1. The summed E-state index contributed by atoms with van der Waals surface area (Å²) in [5, 5.41) is 0. The molecule has 0 amide bonds. The van der Waals surface area contributed by atoms with Crippen molar-refractivity contribution in [3.63, 3.8) is 0 Å². The monoisotopic (exact) mass is 431 g/mol. The Morgan fingerprint density at radius 2 is 1.81 bits per heavy atom. The largest absolute Gasteiger partial charge is 0.486 e. The molecular formula is C16H19Br2NOS. The Morgan fingerprint density at radius 3 is 2.33 bits per heavy atom. The fourth-order valence-electron chi connectivity index (χ4n) is 2.07. The molecule has 0 radical (unpaired) electrons. The fraction of sp³-hybridized carbons (Fsp3) is 0.375. The van der Waals surface area contributed by atoms with E-state index in [2.05, 4.69) is 63.0 Å². The third-order valence-electron chi connectivity index (χ3n) is 3.04. The van der Waals surface area contributed by atoms with Crippen LogP contribution in [0.5, 0.6) is 5.75 Å². The summed E-state index contributed by atoms with van der Waals surface area (Å²) in [6.45, 7) is 4.77. The highest BCUT2D eigenvalue weighted by Gasteiger charge is 2.11. The number of halogens is 2. The van der Waals surface area contributed by atoms with Gasteiger partial charge in [-0.2, -0.15) is 0 Å². The number of benzene rings is 1. The summed E-state index contributed by atoms with van der Waals surface area (Å²) in [4.78, 5) is 2.63. The number of hydrogen-bond acceptors (Lipinski definition) is 3. The minimum Gasteiger partial charge on any atom is -0.486 e. The van der Waals surface area contributed by atoms with Crippen LogP contribution in [0.1, 0.15) is 29.2 Å². The quantitative estimate of drug-likeness (QED) is 0.671. The Bertz CT molecular complexity index is 587. The minimum absolute atomic E-state index is 0.147. The van der Waals surface area contributed by atoms with E-state index in [1.807, 2.05) is 6.92 Å². The van der Waals surface area contributed by atoms with Crippen molar-refractivity contribution in [2.45, 2.75) is 39.3 Å². The first-order chi connectivity index (χ1) is 9.99. The van der Waals surface area contributed by atoms with Gasteiger partial charge < -0.3 is 10.5 Å². The van der Waals surface area contributed by atoms with Crippen LogP contribution in [0.4, 0.5) is 0 Å². The number of thiophene rings is 1. The fourth-order valence-corrected chi connectivity index (χ4v) is 4.45. The van der Waals surface area contributed by atoms with Gasteiger partial charge in [-0.05, 0) is 81.5 Å². The van der Waals surface area contributed by atoms with Crippen LogP contribution in [-0.4, -0.2) is 6.04 Å². The van der Waals surface area contributed by atoms with Gasteiger partial charge in [0.15, 0.2) is 0 Å². The van der Waals surface area contributed by atoms with Crippen LogP contribution in [0.25, 0.3) is 0 Å². The molecule has 21 heavy (non-hydrogen) atoms. The molecule has 1 aromatic carbocycles. The van der Waals surface area contributed by atoms with Gasteiger partial charge in [0.1, 0.15) is 12.4 Å². The van der Waals surface area contributed by atoms with E-state index in [9.17, 15) is 0 Å². The van der Waals surface area contributed by atoms with Crippen LogP contribution in [0.3, 0.4) is 0 Å². The van der Waals surface area contributed by atoms with Gasteiger partial charge in [-0.15, -0.1) is 11.3 Å². The zero-order valence-corrected chi connectivity index (χ0v) is 16.1. The number of hydrogen-bond donors (Lipinski definition) is 1. The van der Waals surface area contributed by atoms with Gasteiger partial charge in [-0.1, -0.05) is 6.92 Å². The van der Waals surface area contributed by atoms with E-state index in [0.717, 1.165) is 27.5 Å². The van der Waals surface area contributed by atoms with E-state index in [1.165, 1.54) is 15.3 Å². The topological polar surface area (TPSA) is 35.2 Å². The van der Waals surface area contributed by atoms with Gasteiger partial charge in [-0.3, -0.25) is 0 Å². The molecule has 1 unspecified atom stereocenters. The molecule has 2 nitrogen and oxygen atoms in total. The molecule has 0 saturated carbocycles. The number of rotatable bonds is 6. The van der Waals surface area contributed by atoms with Crippen molar-refractivity contribution < 1.29 is 4.74 Å². The predicted molar refractivity (Wildman–Crippen MR) is 97.2 cm³/mol. The Morgan fingerprint density at radius 1 is 1.19 bits per heavy atom. The molecule has 0 aliphatic carbocycles. The lowest BCUT2D eigenvalue weighted by Crippen LogP contribution is -2.17. The molecule has 0 aliphatic rings. The molecular weight excluding hydrogens is 414 g/mol. The Kier molecular flexibility index (Phi) is 6.29. The average molecular weight is 433 g/mol. The van der Waals surface area contributed by atoms with Crippen LogP contribution < -0.4 is 10.5 Å². The molecule has 114 valence electrons. The molecule has 2 aromatic rings. The Hall–Kier alpha value is -0.360. The van der Waals surface area contributed by atoms with Crippen LogP contribution in [0.15, 0.2) is 33.2 Å². The Labute approximate surface area is 147 Å². The van der Waals surface area contributed by atoms with E-state index in [1.54, 1.807) is 11.3 Å². The minimum atomic E-state index is 0.147. The van der Waals surface area contributed by atoms with E-state index in [-0.39, 0.29) is 6.04 Å². The summed E-state index contributed by atoms with van der Waals surface area (Å²) in [5.74, 6) is 0.842. The predicted octanol–water partition coefficient (Wildman–Crippen LogP) is 5.30. The molecule has 1 atom stereocenters. The number of nitrogens with two attached hydrogens (primary N) is 1. The lowest BCUT2D eigenvalue weighted by Gasteiger charge is -2.13. The lowest BCUT2D eigenvalue weighted by molar-refractivity contribution is 0.305. The van der Waals surface area contributed by atoms with Crippen LogP contribution in [0, 0.1) is 0 Å². The van der Waals surface area contributed by atoms with Crippen LogP contribution >= 0.6 is 43.2 Å². The molecule has 0 bridgehead atoms. The second kappa shape index (κ2) is 7.77. The van der Waals surface area contributed by atoms with Crippen molar-refractivity contribution in [2.75, 3.05) is 0 Å². The van der Waals surface area contributed by atoms with Crippen molar-refractivity contribution in [3.8, 4) is 5.75 Å². The molecule has 2 N–H and O–H groups in total. The van der Waals surface area contributed by atoms with Crippen LogP contribution in [-0.2, 0) is 19.4 Å². The summed E-state index contributed by atoms with van der Waals surface area (Å²) in [6.07, 6.45) is 1.92. The first-order valence-corrected chi connectivity index (χ1v) is 9.33. The van der Waals surface area contributed by atoms with E-state index in [0.29, 0.717) is 6.61 Å². The number of ether oxygens (including phenoxy) is 1. The summed E-state index contributed by atoms with van der Waals surface area (Å²) in [6, 6.07) is 8.61. The van der Waals surface area contributed by atoms with Gasteiger partial charge in [0.25, 0.3) is 0 Å². The maximum Gasteiger partial charge on any atom is 0.148 e. The second-order valence-electron chi connectivity index (χ2n) is 5.08. The highest BCUT2D eigenvalue weighted by Crippen LogP contribution is 2.36. The molecule has 1 heterocycles. The second-order valence-corrected chi connectivity index (χ2v) is 8.04. The first kappa shape index (κ1) is 17.0. The maximum atomic E-state index is 5.96. The van der Waals surface area contributed by atoms with Crippen molar-refractivity contribution in [2.24, 2.45) is 5.73 Å². The van der Waals surface area contributed by atoms with E-state index in [4.69, 9.17) is 10.5 Å². The van der Waals surface area contributed by atoms with Crippen LogP contribution in [0.2, 0.25) is 0 Å². The van der Waals surface area contributed by atoms with Crippen molar-refractivity contribution in [1.29, 1.82) is 0 Å². The van der Waals surface area contributed by atoms with Gasteiger partial charge in [0.2, 0.25) is 0 Å². The molecule has 0 fully saturated rings. The van der Waals surface area contributed by atoms with E-state index >= 15 is 0 Å². The van der Waals surface area contributed by atoms with Crippen molar-refractivity contribution in [1.82, 2.24) is 0 Å². The molecule has 0 saturated heterocycles. The molecule has 5 heteroatoms. The average Bonchev–Trinajstić information content (AvgIpc) is 2.85. The van der Waals surface area contributed by atoms with Gasteiger partial charge in [-0.25, -0.2) is 0 Å². The smallest absolute Gasteiger partial charge is 0.148 e. The summed E-state index contributed by atoms with van der Waals surface area (Å²) in [7, 11) is 0. The third-order valence-corrected chi connectivity index (χ3v) is 5.42. The zero-order chi connectivity index (χ0) is 15.4. The first-order valence-electron chi connectivity index (χ1n) is 6.93. The van der Waals surface area contributed by atoms with Gasteiger partial charge >= 0.3 is 0 Å². The SMILES string of the molecule is CCc1ccc(COc2c(Br)cc(CC(C)N)cc2Br)s1. The summed E-state index contributed by atoms with van der Waals surface area (Å²) in [5.41, 5.74) is 7.05.